The van der Waals surface area contributed by atoms with Crippen molar-refractivity contribution >= 4 is 10.8 Å². The Bertz CT molecular complexity index is 1190. The molecule has 3 aromatic rings. The predicted molar refractivity (Wildman–Crippen MR) is 118 cm³/mol. The van der Waals surface area contributed by atoms with E-state index in [1.165, 1.54) is 4.57 Å². The van der Waals surface area contributed by atoms with E-state index in [-0.39, 0.29) is 5.56 Å². The predicted octanol–water partition coefficient (Wildman–Crippen LogP) is 0.390. The molecule has 1 aromatic heterocycles. The lowest BCUT2D eigenvalue weighted by atomic mass is 9.87. The van der Waals surface area contributed by atoms with Crippen LogP contribution in [0.3, 0.4) is 0 Å². The minimum absolute atomic E-state index is 0.0873. The summed E-state index contributed by atoms with van der Waals surface area (Å²) in [5.41, 5.74) is 2.80. The summed E-state index contributed by atoms with van der Waals surface area (Å²) in [4.78, 5) is 12.5. The highest BCUT2D eigenvalue weighted by molar-refractivity contribution is 5.86. The van der Waals surface area contributed by atoms with Crippen LogP contribution in [0.25, 0.3) is 21.9 Å². The molecular formula is C24H27NO7. The van der Waals surface area contributed by atoms with Crippen molar-refractivity contribution in [2.45, 2.75) is 43.5 Å². The molecule has 0 amide bonds. The van der Waals surface area contributed by atoms with Crippen LogP contribution in [-0.2, 0) is 11.8 Å². The third-order valence-electron chi connectivity index (χ3n) is 6.24. The number of hydrogen-bond donors (Lipinski definition) is 5. The quantitative estimate of drug-likeness (QED) is 0.396. The second kappa shape index (κ2) is 8.74. The molecule has 4 rings (SSSR count). The summed E-state index contributed by atoms with van der Waals surface area (Å²) in [5, 5.41) is 52.0. The molecule has 2 aromatic carbocycles. The summed E-state index contributed by atoms with van der Waals surface area (Å²) in [5.74, 6) is 0. The lowest BCUT2D eigenvalue weighted by Crippen LogP contribution is -2.59. The van der Waals surface area contributed by atoms with E-state index in [1.54, 1.807) is 32.3 Å². The fraction of sp³-hybridized carbons (Fsp3) is 0.375. The van der Waals surface area contributed by atoms with Crippen LogP contribution in [0.5, 0.6) is 0 Å². The second-order valence-corrected chi connectivity index (χ2v) is 8.34. The average Bonchev–Trinajstić information content (AvgIpc) is 2.79. The molecule has 1 aliphatic heterocycles. The third-order valence-corrected chi connectivity index (χ3v) is 6.24. The van der Waals surface area contributed by atoms with Gasteiger partial charge in [-0.3, -0.25) is 4.79 Å². The van der Waals surface area contributed by atoms with Crippen LogP contribution in [0.2, 0.25) is 0 Å². The highest BCUT2D eigenvalue weighted by Gasteiger charge is 2.46. The molecule has 0 spiro atoms. The van der Waals surface area contributed by atoms with Gasteiger partial charge in [-0.25, -0.2) is 0 Å². The number of pyridine rings is 1. The molecule has 32 heavy (non-hydrogen) atoms. The fourth-order valence-electron chi connectivity index (χ4n) is 4.27. The summed E-state index contributed by atoms with van der Waals surface area (Å²) in [6, 6.07) is 12.9. The van der Waals surface area contributed by atoms with Crippen LogP contribution in [-0.4, -0.2) is 67.2 Å². The van der Waals surface area contributed by atoms with Gasteiger partial charge in [-0.15, -0.1) is 0 Å². The minimum Gasteiger partial charge on any atom is -0.394 e. The van der Waals surface area contributed by atoms with Crippen LogP contribution < -0.4 is 5.56 Å². The van der Waals surface area contributed by atoms with Gasteiger partial charge in [0.05, 0.1) is 6.61 Å². The Morgan fingerprint density at radius 3 is 2.38 bits per heavy atom. The van der Waals surface area contributed by atoms with Crippen LogP contribution in [0.4, 0.5) is 0 Å². The molecule has 0 bridgehead atoms. The summed E-state index contributed by atoms with van der Waals surface area (Å²) < 4.78 is 7.02. The van der Waals surface area contributed by atoms with Gasteiger partial charge in [0.1, 0.15) is 36.6 Å². The SMILES string of the molecule is Cc1cc(-c2ccc3ccn(C)c(=O)c3c2)ccc1[C@@H](O)[C@H]1O[C@H](CO)[C@@H](O)[C@H](O)[C@@H]1O. The number of hydrogen-bond acceptors (Lipinski definition) is 7. The van der Waals surface area contributed by atoms with Crippen molar-refractivity contribution in [2.24, 2.45) is 7.05 Å². The molecule has 1 fully saturated rings. The second-order valence-electron chi connectivity index (χ2n) is 8.34. The maximum Gasteiger partial charge on any atom is 0.258 e. The van der Waals surface area contributed by atoms with Crippen molar-refractivity contribution in [2.75, 3.05) is 6.61 Å². The Morgan fingerprint density at radius 1 is 1.00 bits per heavy atom. The number of ether oxygens (including phenoxy) is 1. The standard InChI is InChI=1S/C24H27NO7/c1-12-9-14(15-4-3-13-7-8-25(2)24(31)17(13)10-15)5-6-16(12)19(27)23-22(30)21(29)20(28)18(11-26)32-23/h3-10,18-23,26-30H,11H2,1-2H3/t18-,19-,20-,21+,22+,23-/m1/s1. The van der Waals surface area contributed by atoms with E-state index >= 15 is 0 Å². The van der Waals surface area contributed by atoms with E-state index in [1.807, 2.05) is 30.3 Å². The normalized spacial score (nSPS) is 26.9. The van der Waals surface area contributed by atoms with Crippen molar-refractivity contribution < 1.29 is 30.3 Å². The van der Waals surface area contributed by atoms with Gasteiger partial charge in [0.25, 0.3) is 5.56 Å². The van der Waals surface area contributed by atoms with E-state index in [2.05, 4.69) is 0 Å². The monoisotopic (exact) mass is 441 g/mol. The molecular weight excluding hydrogens is 414 g/mol. The van der Waals surface area contributed by atoms with Crippen molar-refractivity contribution in [1.82, 2.24) is 4.57 Å². The van der Waals surface area contributed by atoms with Gasteiger partial charge >= 0.3 is 0 Å². The van der Waals surface area contributed by atoms with Crippen molar-refractivity contribution in [3.8, 4) is 11.1 Å². The Morgan fingerprint density at radius 2 is 1.69 bits per heavy atom. The van der Waals surface area contributed by atoms with Crippen LogP contribution >= 0.6 is 0 Å². The maximum atomic E-state index is 12.5. The summed E-state index contributed by atoms with van der Waals surface area (Å²) >= 11 is 0. The number of benzene rings is 2. The zero-order chi connectivity index (χ0) is 23.2. The van der Waals surface area contributed by atoms with E-state index < -0.39 is 43.2 Å². The summed E-state index contributed by atoms with van der Waals surface area (Å²) in [6.45, 7) is 1.24. The molecule has 2 heterocycles. The highest BCUT2D eigenvalue weighted by Crippen LogP contribution is 2.33. The van der Waals surface area contributed by atoms with Crippen LogP contribution in [0.15, 0.2) is 53.5 Å². The number of rotatable bonds is 4. The Hall–Kier alpha value is -2.59. The lowest BCUT2D eigenvalue weighted by Gasteiger charge is -2.42. The van der Waals surface area contributed by atoms with Gasteiger partial charge in [-0.1, -0.05) is 30.3 Å². The molecule has 0 aliphatic carbocycles. The first-order valence-electron chi connectivity index (χ1n) is 10.4. The Balaban J connectivity index is 1.66. The van der Waals surface area contributed by atoms with Gasteiger partial charge in [-0.05, 0) is 46.7 Å². The molecule has 6 atom stereocenters. The molecule has 5 N–H and O–H groups in total. The van der Waals surface area contributed by atoms with E-state index in [0.717, 1.165) is 16.5 Å². The lowest BCUT2D eigenvalue weighted by molar-refractivity contribution is -0.250. The zero-order valence-electron chi connectivity index (χ0n) is 17.8. The average molecular weight is 441 g/mol. The largest absolute Gasteiger partial charge is 0.394 e. The zero-order valence-corrected chi connectivity index (χ0v) is 17.8. The third kappa shape index (κ3) is 3.86. The molecule has 0 radical (unpaired) electrons. The molecule has 8 nitrogen and oxygen atoms in total. The van der Waals surface area contributed by atoms with Crippen molar-refractivity contribution in [1.29, 1.82) is 0 Å². The number of aliphatic hydroxyl groups is 5. The molecule has 0 unspecified atom stereocenters. The fourth-order valence-corrected chi connectivity index (χ4v) is 4.27. The highest BCUT2D eigenvalue weighted by atomic mass is 16.6. The van der Waals surface area contributed by atoms with Crippen LogP contribution in [0.1, 0.15) is 17.2 Å². The first kappa shape index (κ1) is 22.6. The Labute approximate surface area is 184 Å². The topological polar surface area (TPSA) is 132 Å². The van der Waals surface area contributed by atoms with Gasteiger partial charge in [0.15, 0.2) is 0 Å². The first-order valence-corrected chi connectivity index (χ1v) is 10.4. The van der Waals surface area contributed by atoms with Crippen LogP contribution in [0, 0.1) is 6.92 Å². The number of aromatic nitrogens is 1. The number of nitrogens with zero attached hydrogens (tertiary/aromatic N) is 1. The number of aliphatic hydroxyl groups excluding tert-OH is 5. The molecule has 1 aliphatic rings. The van der Waals surface area contributed by atoms with Crippen molar-refractivity contribution in [3.63, 3.8) is 0 Å². The van der Waals surface area contributed by atoms with Gasteiger partial charge in [-0.2, -0.15) is 0 Å². The minimum atomic E-state index is -1.56. The van der Waals surface area contributed by atoms with E-state index in [0.29, 0.717) is 16.5 Å². The Kier molecular flexibility index (Phi) is 6.17. The first-order chi connectivity index (χ1) is 15.2. The van der Waals surface area contributed by atoms with Gasteiger partial charge in [0, 0.05) is 18.6 Å². The maximum absolute atomic E-state index is 12.5. The summed E-state index contributed by atoms with van der Waals surface area (Å²) in [7, 11) is 1.70. The number of fused-ring (bicyclic) bond motifs is 1. The molecule has 0 saturated carbocycles. The molecule has 8 heteroatoms. The van der Waals surface area contributed by atoms with Gasteiger partial charge < -0.3 is 34.8 Å². The smallest absolute Gasteiger partial charge is 0.258 e. The summed E-state index contributed by atoms with van der Waals surface area (Å²) in [6.07, 6.45) is -6.45. The molecule has 1 saturated heterocycles. The van der Waals surface area contributed by atoms with E-state index in [9.17, 15) is 30.3 Å². The van der Waals surface area contributed by atoms with E-state index in [4.69, 9.17) is 4.74 Å². The number of aryl methyl sites for hydroxylation is 2. The van der Waals surface area contributed by atoms with Gasteiger partial charge in [0.2, 0.25) is 0 Å². The van der Waals surface area contributed by atoms with Crippen molar-refractivity contribution in [3.05, 3.63) is 70.1 Å². The molecule has 170 valence electrons.